The van der Waals surface area contributed by atoms with Crippen LogP contribution in [0.3, 0.4) is 0 Å². The second kappa shape index (κ2) is 6.29. The van der Waals surface area contributed by atoms with Gasteiger partial charge in [0, 0.05) is 11.3 Å². The Labute approximate surface area is 154 Å². The molecule has 0 N–H and O–H groups in total. The van der Waals surface area contributed by atoms with Crippen LogP contribution >= 0.6 is 0 Å². The van der Waals surface area contributed by atoms with E-state index in [9.17, 15) is 0 Å². The van der Waals surface area contributed by atoms with Crippen molar-refractivity contribution in [1.29, 1.82) is 5.26 Å². The molecular weight excluding hydrogens is 323 g/mol. The summed E-state index contributed by atoms with van der Waals surface area (Å²) in [5.41, 5.74) is 4.61. The first-order valence-electron chi connectivity index (χ1n) is 9.30. The SMILES string of the molecule is C=C(c1ccc(C2CC2)cc1CC)N1CC(F)(c2ccc(C#N)cc2)C1. The summed E-state index contributed by atoms with van der Waals surface area (Å²) in [6.45, 7) is 7.03. The number of alkyl halides is 1. The zero-order valence-electron chi connectivity index (χ0n) is 15.1. The fourth-order valence-corrected chi connectivity index (χ4v) is 3.80. The van der Waals surface area contributed by atoms with Gasteiger partial charge in [0.2, 0.25) is 0 Å². The molecule has 1 aliphatic heterocycles. The number of rotatable bonds is 5. The fourth-order valence-electron chi connectivity index (χ4n) is 3.80. The predicted molar refractivity (Wildman–Crippen MR) is 102 cm³/mol. The average molecular weight is 346 g/mol. The van der Waals surface area contributed by atoms with E-state index >= 15 is 4.39 Å². The Morgan fingerprint density at radius 3 is 2.50 bits per heavy atom. The molecule has 0 spiro atoms. The van der Waals surface area contributed by atoms with Gasteiger partial charge in [-0.05, 0) is 54.0 Å². The third-order valence-electron chi connectivity index (χ3n) is 5.67. The maximum atomic E-state index is 15.2. The molecule has 0 atom stereocenters. The van der Waals surface area contributed by atoms with E-state index in [4.69, 9.17) is 5.26 Å². The van der Waals surface area contributed by atoms with Gasteiger partial charge < -0.3 is 4.90 Å². The van der Waals surface area contributed by atoms with Crippen molar-refractivity contribution in [2.75, 3.05) is 13.1 Å². The highest BCUT2D eigenvalue weighted by Crippen LogP contribution is 2.43. The van der Waals surface area contributed by atoms with E-state index in [2.05, 4.69) is 37.8 Å². The number of nitrogens with zero attached hydrogens (tertiary/aromatic N) is 2. The molecule has 2 aromatic carbocycles. The van der Waals surface area contributed by atoms with Crippen LogP contribution in [0.15, 0.2) is 49.0 Å². The van der Waals surface area contributed by atoms with Crippen LogP contribution in [0, 0.1) is 11.3 Å². The number of halogens is 1. The van der Waals surface area contributed by atoms with Gasteiger partial charge in [0.15, 0.2) is 5.67 Å². The Kier molecular flexibility index (Phi) is 4.07. The lowest BCUT2D eigenvalue weighted by atomic mass is 9.86. The van der Waals surface area contributed by atoms with Gasteiger partial charge >= 0.3 is 0 Å². The minimum absolute atomic E-state index is 0.311. The van der Waals surface area contributed by atoms with Crippen LogP contribution in [-0.4, -0.2) is 18.0 Å². The Hall–Kier alpha value is -2.60. The summed E-state index contributed by atoms with van der Waals surface area (Å²) in [4.78, 5) is 2.02. The summed E-state index contributed by atoms with van der Waals surface area (Å²) in [6.07, 6.45) is 3.55. The molecule has 2 aromatic rings. The molecule has 1 aliphatic carbocycles. The highest BCUT2D eigenvalue weighted by atomic mass is 19.1. The second-order valence-electron chi connectivity index (χ2n) is 7.50. The number of nitriles is 1. The largest absolute Gasteiger partial charge is 0.364 e. The van der Waals surface area contributed by atoms with Gasteiger partial charge in [-0.3, -0.25) is 0 Å². The van der Waals surface area contributed by atoms with Crippen LogP contribution in [0.1, 0.15) is 53.5 Å². The molecule has 2 aliphatic rings. The van der Waals surface area contributed by atoms with Crippen LogP contribution in [-0.2, 0) is 12.1 Å². The molecule has 0 unspecified atom stereocenters. The monoisotopic (exact) mass is 346 g/mol. The molecule has 1 saturated carbocycles. The van der Waals surface area contributed by atoms with Crippen molar-refractivity contribution in [1.82, 2.24) is 4.90 Å². The quantitative estimate of drug-likeness (QED) is 0.749. The second-order valence-corrected chi connectivity index (χ2v) is 7.50. The van der Waals surface area contributed by atoms with Gasteiger partial charge in [-0.1, -0.05) is 43.8 Å². The summed E-state index contributed by atoms with van der Waals surface area (Å²) >= 11 is 0. The summed E-state index contributed by atoms with van der Waals surface area (Å²) in [6, 6.07) is 15.6. The molecule has 1 heterocycles. The Morgan fingerprint density at radius 2 is 1.92 bits per heavy atom. The maximum Gasteiger partial charge on any atom is 0.170 e. The van der Waals surface area contributed by atoms with Crippen LogP contribution in [0.2, 0.25) is 0 Å². The molecule has 2 fully saturated rings. The lowest BCUT2D eigenvalue weighted by molar-refractivity contribution is 0.00216. The van der Waals surface area contributed by atoms with Gasteiger partial charge in [0.25, 0.3) is 0 Å². The maximum absolute atomic E-state index is 15.2. The highest BCUT2D eigenvalue weighted by molar-refractivity contribution is 5.67. The summed E-state index contributed by atoms with van der Waals surface area (Å²) in [7, 11) is 0. The van der Waals surface area contributed by atoms with Crippen molar-refractivity contribution < 1.29 is 4.39 Å². The molecule has 0 aromatic heterocycles. The first-order valence-corrected chi connectivity index (χ1v) is 9.30. The van der Waals surface area contributed by atoms with Gasteiger partial charge in [-0.15, -0.1) is 0 Å². The van der Waals surface area contributed by atoms with Crippen LogP contribution in [0.25, 0.3) is 5.70 Å². The smallest absolute Gasteiger partial charge is 0.170 e. The number of benzene rings is 2. The lowest BCUT2D eigenvalue weighted by Gasteiger charge is -2.47. The molecule has 0 radical (unpaired) electrons. The molecule has 0 bridgehead atoms. The molecule has 4 rings (SSSR count). The fraction of sp³-hybridized carbons (Fsp3) is 0.348. The van der Waals surface area contributed by atoms with Crippen molar-refractivity contribution in [2.24, 2.45) is 0 Å². The molecule has 3 heteroatoms. The van der Waals surface area contributed by atoms with E-state index in [1.807, 2.05) is 4.90 Å². The molecule has 132 valence electrons. The minimum Gasteiger partial charge on any atom is -0.364 e. The first-order chi connectivity index (χ1) is 12.5. The number of likely N-dealkylation sites (tertiary alicyclic amines) is 1. The zero-order valence-corrected chi connectivity index (χ0v) is 15.1. The number of hydrogen-bond donors (Lipinski definition) is 0. The van der Waals surface area contributed by atoms with Crippen LogP contribution < -0.4 is 0 Å². The van der Waals surface area contributed by atoms with Gasteiger partial charge in [0.1, 0.15) is 0 Å². The third-order valence-corrected chi connectivity index (χ3v) is 5.67. The molecular formula is C23H23FN2. The number of hydrogen-bond acceptors (Lipinski definition) is 2. The average Bonchev–Trinajstić information content (AvgIpc) is 3.49. The Balaban J connectivity index is 1.49. The molecule has 0 amide bonds. The summed E-state index contributed by atoms with van der Waals surface area (Å²) < 4.78 is 15.2. The van der Waals surface area contributed by atoms with Crippen LogP contribution in [0.4, 0.5) is 4.39 Å². The third kappa shape index (κ3) is 2.90. The standard InChI is InChI=1S/C23H23FN2/c1-3-18-12-20(19-6-7-19)8-11-22(18)16(2)26-14-23(24,15-26)21-9-4-17(13-25)5-10-21/h4-5,8-12,19H,2-3,6-7,14-15H2,1H3. The highest BCUT2D eigenvalue weighted by Gasteiger charge is 2.45. The normalized spacial score (nSPS) is 18.1. The predicted octanol–water partition coefficient (Wildman–Crippen LogP) is 5.15. The molecule has 26 heavy (non-hydrogen) atoms. The van der Waals surface area contributed by atoms with E-state index < -0.39 is 5.67 Å². The van der Waals surface area contributed by atoms with E-state index in [1.54, 1.807) is 24.3 Å². The molecule has 2 nitrogen and oxygen atoms in total. The van der Waals surface area contributed by atoms with Crippen molar-refractivity contribution in [3.63, 3.8) is 0 Å². The van der Waals surface area contributed by atoms with E-state index in [1.165, 1.54) is 24.0 Å². The van der Waals surface area contributed by atoms with E-state index in [-0.39, 0.29) is 0 Å². The van der Waals surface area contributed by atoms with Gasteiger partial charge in [-0.2, -0.15) is 5.26 Å². The summed E-state index contributed by atoms with van der Waals surface area (Å²) in [5, 5.41) is 8.89. The molecule has 1 saturated heterocycles. The minimum atomic E-state index is -1.36. The van der Waals surface area contributed by atoms with Crippen LogP contribution in [0.5, 0.6) is 0 Å². The topological polar surface area (TPSA) is 27.0 Å². The summed E-state index contributed by atoms with van der Waals surface area (Å²) in [5.74, 6) is 0.737. The Morgan fingerprint density at radius 1 is 1.23 bits per heavy atom. The van der Waals surface area contributed by atoms with Gasteiger partial charge in [-0.25, -0.2) is 4.39 Å². The van der Waals surface area contributed by atoms with Gasteiger partial charge in [0.05, 0.1) is 24.7 Å². The van der Waals surface area contributed by atoms with E-state index in [0.717, 1.165) is 23.6 Å². The van der Waals surface area contributed by atoms with Crippen molar-refractivity contribution in [2.45, 2.75) is 37.8 Å². The first kappa shape index (κ1) is 16.8. The van der Waals surface area contributed by atoms with Crippen molar-refractivity contribution >= 4 is 5.70 Å². The van der Waals surface area contributed by atoms with E-state index in [0.29, 0.717) is 24.2 Å². The van der Waals surface area contributed by atoms with Crippen molar-refractivity contribution in [3.8, 4) is 6.07 Å². The zero-order chi connectivity index (χ0) is 18.3. The lowest BCUT2D eigenvalue weighted by Crippen LogP contribution is -2.55. The Bertz CT molecular complexity index is 881. The van der Waals surface area contributed by atoms with Crippen molar-refractivity contribution in [3.05, 3.63) is 76.9 Å². The number of aryl methyl sites for hydroxylation is 1.